The molecule has 0 heterocycles. The van der Waals surface area contributed by atoms with Crippen LogP contribution >= 0.6 is 0 Å². The Labute approximate surface area is 123 Å². The van der Waals surface area contributed by atoms with Gasteiger partial charge in [-0.3, -0.25) is 4.79 Å². The average molecular weight is 275 g/mol. The highest BCUT2D eigenvalue weighted by Gasteiger charge is 2.14. The Bertz CT molecular complexity index is 781. The van der Waals surface area contributed by atoms with Crippen molar-refractivity contribution in [1.82, 2.24) is 0 Å². The molecule has 0 aliphatic carbocycles. The highest BCUT2D eigenvalue weighted by molar-refractivity contribution is 6.00. The van der Waals surface area contributed by atoms with Gasteiger partial charge in [0.15, 0.2) is 5.78 Å². The Morgan fingerprint density at radius 2 is 1.71 bits per heavy atom. The van der Waals surface area contributed by atoms with Crippen molar-refractivity contribution in [2.45, 2.75) is 6.92 Å². The molecule has 0 fully saturated rings. The van der Waals surface area contributed by atoms with E-state index in [1.54, 1.807) is 48.3 Å². The van der Waals surface area contributed by atoms with Crippen LogP contribution in [0.15, 0.2) is 42.5 Å². The predicted octanol–water partition coefficient (Wildman–Crippen LogP) is 3.40. The zero-order valence-corrected chi connectivity index (χ0v) is 11.8. The van der Waals surface area contributed by atoms with E-state index in [1.165, 1.54) is 6.92 Å². The van der Waals surface area contributed by atoms with Crippen molar-refractivity contribution in [3.8, 4) is 12.1 Å². The first-order valence-corrected chi connectivity index (χ1v) is 6.36. The SMILES string of the molecule is CC(=O)c1ccc(C#N)cc1N(C)c1cccc(C#N)c1. The number of anilines is 2. The van der Waals surface area contributed by atoms with Gasteiger partial charge in [0.05, 0.1) is 29.0 Å². The fraction of sp³-hybridized carbons (Fsp3) is 0.118. The highest BCUT2D eigenvalue weighted by atomic mass is 16.1. The van der Waals surface area contributed by atoms with Crippen molar-refractivity contribution in [1.29, 1.82) is 10.5 Å². The first kappa shape index (κ1) is 14.3. The molecule has 0 atom stereocenters. The topological polar surface area (TPSA) is 67.9 Å². The Kier molecular flexibility index (Phi) is 4.02. The minimum absolute atomic E-state index is 0.0715. The van der Waals surface area contributed by atoms with E-state index in [9.17, 15) is 4.79 Å². The molecular formula is C17H13N3O. The summed E-state index contributed by atoms with van der Waals surface area (Å²) in [7, 11) is 1.80. The first-order chi connectivity index (χ1) is 10.1. The molecule has 0 saturated heterocycles. The summed E-state index contributed by atoms with van der Waals surface area (Å²) in [6, 6.07) is 16.2. The summed E-state index contributed by atoms with van der Waals surface area (Å²) >= 11 is 0. The van der Waals surface area contributed by atoms with Gasteiger partial charge in [-0.2, -0.15) is 10.5 Å². The number of nitriles is 2. The molecule has 2 aromatic carbocycles. The summed E-state index contributed by atoms with van der Waals surface area (Å²) in [5.74, 6) is -0.0715. The molecule has 0 aliphatic heterocycles. The van der Waals surface area contributed by atoms with Gasteiger partial charge in [0.1, 0.15) is 0 Å². The number of rotatable bonds is 3. The second-order valence-electron chi connectivity index (χ2n) is 4.62. The van der Waals surface area contributed by atoms with Gasteiger partial charge < -0.3 is 4.90 Å². The first-order valence-electron chi connectivity index (χ1n) is 6.36. The summed E-state index contributed by atoms with van der Waals surface area (Å²) in [6.07, 6.45) is 0. The number of carbonyl (C=O) groups is 1. The lowest BCUT2D eigenvalue weighted by Gasteiger charge is -2.22. The quantitative estimate of drug-likeness (QED) is 0.805. The van der Waals surface area contributed by atoms with Crippen molar-refractivity contribution >= 4 is 17.2 Å². The zero-order chi connectivity index (χ0) is 15.4. The largest absolute Gasteiger partial charge is 0.344 e. The van der Waals surface area contributed by atoms with E-state index < -0.39 is 0 Å². The molecule has 0 radical (unpaired) electrons. The molecule has 0 aromatic heterocycles. The lowest BCUT2D eigenvalue weighted by atomic mass is 10.0. The second kappa shape index (κ2) is 5.90. The minimum atomic E-state index is -0.0715. The van der Waals surface area contributed by atoms with Crippen LogP contribution in [0.2, 0.25) is 0 Å². The van der Waals surface area contributed by atoms with Gasteiger partial charge in [0, 0.05) is 18.3 Å². The molecule has 0 unspecified atom stereocenters. The van der Waals surface area contributed by atoms with Crippen LogP contribution in [0.3, 0.4) is 0 Å². The van der Waals surface area contributed by atoms with Crippen molar-refractivity contribution in [3.05, 3.63) is 59.2 Å². The monoisotopic (exact) mass is 275 g/mol. The standard InChI is InChI=1S/C17H13N3O/c1-12(21)16-7-6-14(11-19)9-17(16)20(2)15-5-3-4-13(8-15)10-18/h3-9H,1-2H3. The lowest BCUT2D eigenvalue weighted by Crippen LogP contribution is -2.13. The third-order valence-electron chi connectivity index (χ3n) is 3.23. The van der Waals surface area contributed by atoms with Crippen LogP contribution in [0.5, 0.6) is 0 Å². The van der Waals surface area contributed by atoms with E-state index in [2.05, 4.69) is 12.1 Å². The van der Waals surface area contributed by atoms with Crippen LogP contribution in [-0.2, 0) is 0 Å². The van der Waals surface area contributed by atoms with E-state index >= 15 is 0 Å². The van der Waals surface area contributed by atoms with E-state index in [0.29, 0.717) is 22.4 Å². The zero-order valence-electron chi connectivity index (χ0n) is 11.8. The molecule has 0 aliphatic rings. The molecule has 0 N–H and O–H groups in total. The van der Waals surface area contributed by atoms with Crippen LogP contribution in [0, 0.1) is 22.7 Å². The predicted molar refractivity (Wildman–Crippen MR) is 80.4 cm³/mol. The van der Waals surface area contributed by atoms with Gasteiger partial charge in [0.2, 0.25) is 0 Å². The normalized spacial score (nSPS) is 9.52. The van der Waals surface area contributed by atoms with Crippen LogP contribution in [-0.4, -0.2) is 12.8 Å². The summed E-state index contributed by atoms with van der Waals surface area (Å²) < 4.78 is 0. The van der Waals surface area contributed by atoms with E-state index in [1.807, 2.05) is 6.07 Å². The molecule has 0 saturated carbocycles. The molecule has 0 bridgehead atoms. The maximum atomic E-state index is 11.8. The summed E-state index contributed by atoms with van der Waals surface area (Å²) in [5, 5.41) is 18.0. The number of carbonyl (C=O) groups excluding carboxylic acids is 1. The number of ketones is 1. The molecule has 21 heavy (non-hydrogen) atoms. The fourth-order valence-corrected chi connectivity index (χ4v) is 2.10. The smallest absolute Gasteiger partial charge is 0.161 e. The molecule has 2 rings (SSSR count). The summed E-state index contributed by atoms with van der Waals surface area (Å²) in [6.45, 7) is 1.49. The van der Waals surface area contributed by atoms with Crippen LogP contribution in [0.25, 0.3) is 0 Å². The maximum absolute atomic E-state index is 11.8. The highest BCUT2D eigenvalue weighted by Crippen LogP contribution is 2.29. The number of hydrogen-bond donors (Lipinski definition) is 0. The van der Waals surface area contributed by atoms with Gasteiger partial charge in [-0.05, 0) is 43.3 Å². The lowest BCUT2D eigenvalue weighted by molar-refractivity contribution is 0.101. The van der Waals surface area contributed by atoms with E-state index in [-0.39, 0.29) is 5.78 Å². The van der Waals surface area contributed by atoms with Gasteiger partial charge >= 0.3 is 0 Å². The van der Waals surface area contributed by atoms with Crippen molar-refractivity contribution in [2.24, 2.45) is 0 Å². The van der Waals surface area contributed by atoms with Crippen LogP contribution in [0.1, 0.15) is 28.4 Å². The molecule has 2 aromatic rings. The Balaban J connectivity index is 2.56. The number of Topliss-reactive ketones (excluding diaryl/α,β-unsaturated/α-hetero) is 1. The number of nitrogens with zero attached hydrogens (tertiary/aromatic N) is 3. The van der Waals surface area contributed by atoms with Crippen LogP contribution in [0.4, 0.5) is 11.4 Å². The van der Waals surface area contributed by atoms with Gasteiger partial charge in [0.25, 0.3) is 0 Å². The fourth-order valence-electron chi connectivity index (χ4n) is 2.10. The Hall–Kier alpha value is -3.11. The summed E-state index contributed by atoms with van der Waals surface area (Å²) in [4.78, 5) is 13.6. The molecule has 4 nitrogen and oxygen atoms in total. The van der Waals surface area contributed by atoms with Gasteiger partial charge in [-0.25, -0.2) is 0 Å². The number of hydrogen-bond acceptors (Lipinski definition) is 4. The minimum Gasteiger partial charge on any atom is -0.344 e. The second-order valence-corrected chi connectivity index (χ2v) is 4.62. The molecule has 102 valence electrons. The third kappa shape index (κ3) is 2.91. The van der Waals surface area contributed by atoms with Crippen LogP contribution < -0.4 is 4.90 Å². The third-order valence-corrected chi connectivity index (χ3v) is 3.23. The van der Waals surface area contributed by atoms with Crippen molar-refractivity contribution < 1.29 is 4.79 Å². The maximum Gasteiger partial charge on any atom is 0.161 e. The van der Waals surface area contributed by atoms with E-state index in [0.717, 1.165) is 5.69 Å². The molecule has 4 heteroatoms. The molecular weight excluding hydrogens is 262 g/mol. The average Bonchev–Trinajstić information content (AvgIpc) is 2.53. The van der Waals surface area contributed by atoms with E-state index in [4.69, 9.17) is 10.5 Å². The Morgan fingerprint density at radius 3 is 2.33 bits per heavy atom. The van der Waals surface area contributed by atoms with Gasteiger partial charge in [-0.15, -0.1) is 0 Å². The summed E-state index contributed by atoms with van der Waals surface area (Å²) in [5.41, 5.74) is 3.00. The van der Waals surface area contributed by atoms with Crippen molar-refractivity contribution in [2.75, 3.05) is 11.9 Å². The van der Waals surface area contributed by atoms with Crippen molar-refractivity contribution in [3.63, 3.8) is 0 Å². The number of benzene rings is 2. The molecule has 0 spiro atoms. The van der Waals surface area contributed by atoms with Gasteiger partial charge in [-0.1, -0.05) is 6.07 Å². The Morgan fingerprint density at radius 1 is 1.05 bits per heavy atom. The molecule has 0 amide bonds.